The predicted molar refractivity (Wildman–Crippen MR) is 93.0 cm³/mol. The van der Waals surface area contributed by atoms with E-state index in [0.29, 0.717) is 24.5 Å². The quantitative estimate of drug-likeness (QED) is 0.821. The Morgan fingerprint density at radius 1 is 1.00 bits per heavy atom. The van der Waals surface area contributed by atoms with Gasteiger partial charge in [-0.25, -0.2) is 0 Å². The van der Waals surface area contributed by atoms with Crippen molar-refractivity contribution in [2.75, 3.05) is 13.2 Å². The molecular weight excluding hydrogens is 304 g/mol. The summed E-state index contributed by atoms with van der Waals surface area (Å²) in [5, 5.41) is 5.41. The van der Waals surface area contributed by atoms with Crippen molar-refractivity contribution in [3.63, 3.8) is 0 Å². The van der Waals surface area contributed by atoms with E-state index in [2.05, 4.69) is 10.6 Å². The molecule has 0 aliphatic rings. The fourth-order valence-electron chi connectivity index (χ4n) is 2.20. The average molecular weight is 326 g/mol. The molecule has 0 unspecified atom stereocenters. The lowest BCUT2D eigenvalue weighted by Crippen LogP contribution is -2.36. The van der Waals surface area contributed by atoms with Crippen LogP contribution in [0.1, 0.15) is 28.4 Å². The van der Waals surface area contributed by atoms with E-state index >= 15 is 0 Å². The van der Waals surface area contributed by atoms with Gasteiger partial charge in [0.1, 0.15) is 5.75 Å². The molecule has 24 heavy (non-hydrogen) atoms. The van der Waals surface area contributed by atoms with Crippen LogP contribution in [-0.2, 0) is 11.3 Å². The topological polar surface area (TPSA) is 67.4 Å². The molecule has 0 atom stereocenters. The number of nitrogens with one attached hydrogen (secondary N) is 2. The van der Waals surface area contributed by atoms with Gasteiger partial charge in [-0.1, -0.05) is 24.3 Å². The second kappa shape index (κ2) is 8.72. The number of carbonyl (C=O) groups excluding carboxylic acids is 2. The normalized spacial score (nSPS) is 10.1. The van der Waals surface area contributed by atoms with Gasteiger partial charge < -0.3 is 15.4 Å². The Labute approximate surface area is 142 Å². The molecule has 126 valence electrons. The molecule has 2 aromatic carbocycles. The van der Waals surface area contributed by atoms with Crippen molar-refractivity contribution in [1.82, 2.24) is 10.6 Å². The van der Waals surface area contributed by atoms with Crippen molar-refractivity contribution in [2.24, 2.45) is 0 Å². The van der Waals surface area contributed by atoms with Crippen molar-refractivity contribution in [1.29, 1.82) is 0 Å². The van der Waals surface area contributed by atoms with Crippen LogP contribution in [0.2, 0.25) is 0 Å². The van der Waals surface area contributed by atoms with E-state index in [9.17, 15) is 9.59 Å². The summed E-state index contributed by atoms with van der Waals surface area (Å²) in [5.74, 6) is 0.201. The van der Waals surface area contributed by atoms with Crippen LogP contribution in [-0.4, -0.2) is 25.0 Å². The lowest BCUT2D eigenvalue weighted by molar-refractivity contribution is -0.120. The minimum Gasteiger partial charge on any atom is -0.494 e. The highest BCUT2D eigenvalue weighted by molar-refractivity contribution is 5.96. The van der Waals surface area contributed by atoms with Crippen LogP contribution in [0.4, 0.5) is 0 Å². The summed E-state index contributed by atoms with van der Waals surface area (Å²) < 4.78 is 5.33. The fourth-order valence-corrected chi connectivity index (χ4v) is 2.20. The van der Waals surface area contributed by atoms with Gasteiger partial charge in [0.05, 0.1) is 13.2 Å². The van der Waals surface area contributed by atoms with Gasteiger partial charge in [-0.3, -0.25) is 9.59 Å². The van der Waals surface area contributed by atoms with Gasteiger partial charge in [-0.2, -0.15) is 0 Å². The number of hydrogen-bond donors (Lipinski definition) is 2. The maximum Gasteiger partial charge on any atom is 0.251 e. The summed E-state index contributed by atoms with van der Waals surface area (Å²) in [6, 6.07) is 14.7. The zero-order valence-corrected chi connectivity index (χ0v) is 14.0. The van der Waals surface area contributed by atoms with Gasteiger partial charge >= 0.3 is 0 Å². The number of ether oxygens (including phenoxy) is 1. The van der Waals surface area contributed by atoms with Crippen LogP contribution >= 0.6 is 0 Å². The van der Waals surface area contributed by atoms with Gasteiger partial charge in [0.25, 0.3) is 5.91 Å². The molecule has 0 aliphatic heterocycles. The van der Waals surface area contributed by atoms with Gasteiger partial charge in [-0.05, 0) is 49.2 Å². The SMILES string of the molecule is CCOc1ccc(C(=O)NCC(=O)NCc2ccccc2C)cc1. The van der Waals surface area contributed by atoms with E-state index in [1.807, 2.05) is 38.1 Å². The molecule has 0 radical (unpaired) electrons. The second-order valence-corrected chi connectivity index (χ2v) is 5.34. The van der Waals surface area contributed by atoms with E-state index in [0.717, 1.165) is 11.1 Å². The Morgan fingerprint density at radius 2 is 1.71 bits per heavy atom. The highest BCUT2D eigenvalue weighted by Gasteiger charge is 2.08. The summed E-state index contributed by atoms with van der Waals surface area (Å²) in [5.41, 5.74) is 2.67. The summed E-state index contributed by atoms with van der Waals surface area (Å²) in [6.45, 7) is 4.86. The van der Waals surface area contributed by atoms with E-state index in [4.69, 9.17) is 4.74 Å². The summed E-state index contributed by atoms with van der Waals surface area (Å²) in [4.78, 5) is 23.9. The Hall–Kier alpha value is -2.82. The Balaban J connectivity index is 1.78. The standard InChI is InChI=1S/C19H22N2O3/c1-3-24-17-10-8-15(9-11-17)19(23)21-13-18(22)20-12-16-7-5-4-6-14(16)2/h4-11H,3,12-13H2,1-2H3,(H,20,22)(H,21,23). The molecule has 2 rings (SSSR count). The van der Waals surface area contributed by atoms with E-state index in [1.165, 1.54) is 0 Å². The first-order valence-electron chi connectivity index (χ1n) is 7.92. The predicted octanol–water partition coefficient (Wildman–Crippen LogP) is 2.44. The highest BCUT2D eigenvalue weighted by Crippen LogP contribution is 2.11. The molecule has 5 heteroatoms. The molecule has 5 nitrogen and oxygen atoms in total. The Kier molecular flexibility index (Phi) is 6.37. The van der Waals surface area contributed by atoms with Crippen LogP contribution in [0.3, 0.4) is 0 Å². The Morgan fingerprint density at radius 3 is 2.38 bits per heavy atom. The smallest absolute Gasteiger partial charge is 0.251 e. The summed E-state index contributed by atoms with van der Waals surface area (Å²) >= 11 is 0. The van der Waals surface area contributed by atoms with Crippen LogP contribution in [0.25, 0.3) is 0 Å². The van der Waals surface area contributed by atoms with Crippen molar-refractivity contribution in [3.05, 3.63) is 65.2 Å². The summed E-state index contributed by atoms with van der Waals surface area (Å²) in [7, 11) is 0. The number of rotatable bonds is 7. The molecule has 2 N–H and O–H groups in total. The van der Waals surface area contributed by atoms with Gasteiger partial charge in [0.2, 0.25) is 5.91 Å². The lowest BCUT2D eigenvalue weighted by atomic mass is 10.1. The fraction of sp³-hybridized carbons (Fsp3) is 0.263. The molecule has 0 spiro atoms. The molecule has 0 heterocycles. The molecule has 2 aromatic rings. The third kappa shape index (κ3) is 5.12. The first-order chi connectivity index (χ1) is 11.6. The number of benzene rings is 2. The maximum atomic E-state index is 12.0. The van der Waals surface area contributed by atoms with E-state index in [1.54, 1.807) is 24.3 Å². The van der Waals surface area contributed by atoms with Gasteiger partial charge in [0, 0.05) is 12.1 Å². The van der Waals surface area contributed by atoms with Crippen LogP contribution in [0.15, 0.2) is 48.5 Å². The lowest BCUT2D eigenvalue weighted by Gasteiger charge is -2.09. The van der Waals surface area contributed by atoms with Gasteiger partial charge in [0.15, 0.2) is 0 Å². The zero-order valence-electron chi connectivity index (χ0n) is 14.0. The summed E-state index contributed by atoms with van der Waals surface area (Å²) in [6.07, 6.45) is 0. The monoisotopic (exact) mass is 326 g/mol. The zero-order chi connectivity index (χ0) is 17.4. The van der Waals surface area contributed by atoms with Crippen LogP contribution in [0, 0.1) is 6.92 Å². The molecule has 0 fully saturated rings. The van der Waals surface area contributed by atoms with Crippen molar-refractivity contribution in [2.45, 2.75) is 20.4 Å². The van der Waals surface area contributed by atoms with Gasteiger partial charge in [-0.15, -0.1) is 0 Å². The first-order valence-corrected chi connectivity index (χ1v) is 7.92. The number of carbonyl (C=O) groups is 2. The molecule has 0 aromatic heterocycles. The highest BCUT2D eigenvalue weighted by atomic mass is 16.5. The molecule has 0 saturated heterocycles. The molecule has 2 amide bonds. The maximum absolute atomic E-state index is 12.0. The second-order valence-electron chi connectivity index (χ2n) is 5.34. The minimum absolute atomic E-state index is 0.0576. The van der Waals surface area contributed by atoms with E-state index in [-0.39, 0.29) is 18.4 Å². The third-order valence-corrected chi connectivity index (χ3v) is 3.57. The van der Waals surface area contributed by atoms with Crippen LogP contribution in [0.5, 0.6) is 5.75 Å². The first kappa shape index (κ1) is 17.5. The van der Waals surface area contributed by atoms with Crippen molar-refractivity contribution >= 4 is 11.8 Å². The largest absolute Gasteiger partial charge is 0.494 e. The van der Waals surface area contributed by atoms with Crippen LogP contribution < -0.4 is 15.4 Å². The Bertz CT molecular complexity index is 696. The minimum atomic E-state index is -0.288. The van der Waals surface area contributed by atoms with Crippen molar-refractivity contribution in [3.8, 4) is 5.75 Å². The molecule has 0 saturated carbocycles. The van der Waals surface area contributed by atoms with Crippen molar-refractivity contribution < 1.29 is 14.3 Å². The molecular formula is C19H22N2O3. The number of hydrogen-bond acceptors (Lipinski definition) is 3. The average Bonchev–Trinajstić information content (AvgIpc) is 2.60. The third-order valence-electron chi connectivity index (χ3n) is 3.57. The van der Waals surface area contributed by atoms with E-state index < -0.39 is 0 Å². The number of aryl methyl sites for hydroxylation is 1. The number of amides is 2. The molecule has 0 aliphatic carbocycles. The molecule has 0 bridgehead atoms.